The van der Waals surface area contributed by atoms with Crippen LogP contribution < -0.4 is 11.1 Å². The molecule has 3 heterocycles. The number of nitrogens with one attached hydrogen (secondary N) is 1. The fourth-order valence-corrected chi connectivity index (χ4v) is 3.19. The Morgan fingerprint density at radius 1 is 1.35 bits per heavy atom. The quantitative estimate of drug-likeness (QED) is 0.899. The maximum Gasteiger partial charge on any atom is 0.241 e. The predicted octanol–water partition coefficient (Wildman–Crippen LogP) is 1.70. The molecule has 0 unspecified atom stereocenters. The highest BCUT2D eigenvalue weighted by Gasteiger charge is 2.16. The summed E-state index contributed by atoms with van der Waals surface area (Å²) < 4.78 is 0. The number of nitrogen functional groups attached to an aromatic ring is 1. The minimum atomic E-state index is 0.116. The number of carbonyl (C=O) groups excluding carboxylic acids is 1. The molecule has 0 aromatic carbocycles. The van der Waals surface area contributed by atoms with Crippen molar-refractivity contribution in [3.63, 3.8) is 0 Å². The molecule has 0 bridgehead atoms. The summed E-state index contributed by atoms with van der Waals surface area (Å²) in [5, 5.41) is 5.95. The summed E-state index contributed by atoms with van der Waals surface area (Å²) in [7, 11) is 0. The minimum Gasteiger partial charge on any atom is -0.368 e. The average molecular weight is 291 g/mol. The molecule has 1 amide bonds. The van der Waals surface area contributed by atoms with E-state index in [0.717, 1.165) is 36.1 Å². The Kier molecular flexibility index (Phi) is 3.68. The third-order valence-corrected chi connectivity index (χ3v) is 4.26. The second-order valence-corrected chi connectivity index (χ2v) is 5.76. The first-order valence-electron chi connectivity index (χ1n) is 6.76. The normalized spacial score (nSPS) is 15.5. The first-order valence-corrected chi connectivity index (χ1v) is 7.64. The standard InChI is InChI=1S/C13H17N5OS/c14-13-16-11(9-4-7-20-12(9)17-13)15-8-10(19)18-5-2-1-3-6-18/h4,7H,1-3,5-6,8H2,(H3,14,15,16,17). The van der Waals surface area contributed by atoms with Gasteiger partial charge in [-0.25, -0.2) is 4.98 Å². The van der Waals surface area contributed by atoms with Gasteiger partial charge in [-0.05, 0) is 30.7 Å². The number of amides is 1. The maximum atomic E-state index is 12.1. The van der Waals surface area contributed by atoms with Crippen molar-refractivity contribution in [1.82, 2.24) is 14.9 Å². The van der Waals surface area contributed by atoms with Gasteiger partial charge in [0.2, 0.25) is 11.9 Å². The average Bonchev–Trinajstić information content (AvgIpc) is 2.93. The van der Waals surface area contributed by atoms with E-state index in [0.29, 0.717) is 5.82 Å². The van der Waals surface area contributed by atoms with Crippen LogP contribution in [0.25, 0.3) is 10.2 Å². The number of hydrogen-bond acceptors (Lipinski definition) is 6. The first-order chi connectivity index (χ1) is 9.74. The zero-order valence-electron chi connectivity index (χ0n) is 11.1. The molecular formula is C13H17N5OS. The number of nitrogens with zero attached hydrogens (tertiary/aromatic N) is 3. The van der Waals surface area contributed by atoms with Gasteiger partial charge < -0.3 is 16.0 Å². The van der Waals surface area contributed by atoms with E-state index in [9.17, 15) is 4.79 Å². The zero-order valence-corrected chi connectivity index (χ0v) is 11.9. The van der Waals surface area contributed by atoms with Crippen molar-refractivity contribution in [2.45, 2.75) is 19.3 Å². The number of anilines is 2. The fraction of sp³-hybridized carbons (Fsp3) is 0.462. The molecule has 0 radical (unpaired) electrons. The predicted molar refractivity (Wildman–Crippen MR) is 80.7 cm³/mol. The molecule has 0 saturated carbocycles. The number of fused-ring (bicyclic) bond motifs is 1. The highest BCUT2D eigenvalue weighted by Crippen LogP contribution is 2.25. The fourth-order valence-electron chi connectivity index (χ4n) is 2.42. The second kappa shape index (κ2) is 5.62. The number of piperidine rings is 1. The molecule has 2 aromatic rings. The van der Waals surface area contributed by atoms with Gasteiger partial charge in [-0.15, -0.1) is 11.3 Å². The van der Waals surface area contributed by atoms with Crippen LogP contribution in [-0.2, 0) is 4.79 Å². The third kappa shape index (κ3) is 2.67. The molecule has 3 rings (SSSR count). The van der Waals surface area contributed by atoms with E-state index in [2.05, 4.69) is 15.3 Å². The van der Waals surface area contributed by atoms with Gasteiger partial charge in [0.05, 0.1) is 11.9 Å². The monoisotopic (exact) mass is 291 g/mol. The van der Waals surface area contributed by atoms with Gasteiger partial charge in [0.25, 0.3) is 0 Å². The number of likely N-dealkylation sites (tertiary alicyclic amines) is 1. The molecule has 3 N–H and O–H groups in total. The van der Waals surface area contributed by atoms with E-state index in [1.807, 2.05) is 16.3 Å². The smallest absolute Gasteiger partial charge is 0.241 e. The zero-order chi connectivity index (χ0) is 13.9. The number of rotatable bonds is 3. The molecule has 106 valence electrons. The van der Waals surface area contributed by atoms with E-state index in [1.54, 1.807) is 0 Å². The lowest BCUT2D eigenvalue weighted by Gasteiger charge is -2.26. The maximum absolute atomic E-state index is 12.1. The van der Waals surface area contributed by atoms with Gasteiger partial charge in [0, 0.05) is 13.1 Å². The molecule has 1 aliphatic heterocycles. The molecule has 1 aliphatic rings. The molecule has 1 fully saturated rings. The topological polar surface area (TPSA) is 84.1 Å². The Labute approximate surface area is 121 Å². The van der Waals surface area contributed by atoms with Crippen LogP contribution in [0.4, 0.5) is 11.8 Å². The molecule has 2 aromatic heterocycles. The lowest BCUT2D eigenvalue weighted by molar-refractivity contribution is -0.130. The summed E-state index contributed by atoms with van der Waals surface area (Å²) in [4.78, 5) is 23.2. The van der Waals surface area contributed by atoms with Crippen molar-refractivity contribution >= 4 is 39.2 Å². The molecule has 0 atom stereocenters. The Bertz CT molecular complexity index is 620. The largest absolute Gasteiger partial charge is 0.368 e. The van der Waals surface area contributed by atoms with Gasteiger partial charge in [-0.2, -0.15) is 4.98 Å². The van der Waals surface area contributed by atoms with Crippen LogP contribution in [0.5, 0.6) is 0 Å². The molecular weight excluding hydrogens is 274 g/mol. The second-order valence-electron chi connectivity index (χ2n) is 4.86. The van der Waals surface area contributed by atoms with E-state index in [4.69, 9.17) is 5.73 Å². The summed E-state index contributed by atoms with van der Waals surface area (Å²) in [6.07, 6.45) is 3.41. The summed E-state index contributed by atoms with van der Waals surface area (Å²) in [6, 6.07) is 1.94. The first kappa shape index (κ1) is 13.1. The number of thiophene rings is 1. The van der Waals surface area contributed by atoms with Crippen LogP contribution in [0.15, 0.2) is 11.4 Å². The van der Waals surface area contributed by atoms with Crippen molar-refractivity contribution in [2.24, 2.45) is 0 Å². The van der Waals surface area contributed by atoms with E-state index >= 15 is 0 Å². The van der Waals surface area contributed by atoms with Crippen molar-refractivity contribution < 1.29 is 4.79 Å². The SMILES string of the molecule is Nc1nc(NCC(=O)N2CCCCC2)c2ccsc2n1. The number of carbonyl (C=O) groups is 1. The van der Waals surface area contributed by atoms with Crippen molar-refractivity contribution in [3.8, 4) is 0 Å². The molecule has 0 spiro atoms. The van der Waals surface area contributed by atoms with Gasteiger partial charge >= 0.3 is 0 Å². The van der Waals surface area contributed by atoms with Crippen LogP contribution in [0, 0.1) is 0 Å². The van der Waals surface area contributed by atoms with Gasteiger partial charge in [-0.3, -0.25) is 4.79 Å². The molecule has 6 nitrogen and oxygen atoms in total. The summed E-state index contributed by atoms with van der Waals surface area (Å²) in [5.41, 5.74) is 5.68. The van der Waals surface area contributed by atoms with Crippen LogP contribution in [-0.4, -0.2) is 40.4 Å². The lowest BCUT2D eigenvalue weighted by Crippen LogP contribution is -2.39. The highest BCUT2D eigenvalue weighted by molar-refractivity contribution is 7.16. The Hall–Kier alpha value is -1.89. The van der Waals surface area contributed by atoms with Gasteiger partial charge in [0.1, 0.15) is 10.6 Å². The highest BCUT2D eigenvalue weighted by atomic mass is 32.1. The van der Waals surface area contributed by atoms with Crippen LogP contribution in [0.1, 0.15) is 19.3 Å². The Balaban J connectivity index is 1.70. The number of aromatic nitrogens is 2. The van der Waals surface area contributed by atoms with Crippen LogP contribution >= 0.6 is 11.3 Å². The van der Waals surface area contributed by atoms with Crippen molar-refractivity contribution in [2.75, 3.05) is 30.7 Å². The van der Waals surface area contributed by atoms with E-state index < -0.39 is 0 Å². The number of hydrogen-bond donors (Lipinski definition) is 2. The molecule has 0 aliphatic carbocycles. The van der Waals surface area contributed by atoms with Crippen LogP contribution in [0.3, 0.4) is 0 Å². The third-order valence-electron chi connectivity index (χ3n) is 3.46. The molecule has 1 saturated heterocycles. The minimum absolute atomic E-state index is 0.116. The summed E-state index contributed by atoms with van der Waals surface area (Å²) >= 11 is 1.51. The Morgan fingerprint density at radius 3 is 2.95 bits per heavy atom. The van der Waals surface area contributed by atoms with Gasteiger partial charge in [-0.1, -0.05) is 0 Å². The summed E-state index contributed by atoms with van der Waals surface area (Å²) in [5.74, 6) is 0.984. The van der Waals surface area contributed by atoms with Crippen molar-refractivity contribution in [1.29, 1.82) is 0 Å². The van der Waals surface area contributed by atoms with E-state index in [1.165, 1.54) is 17.8 Å². The van der Waals surface area contributed by atoms with Crippen molar-refractivity contribution in [3.05, 3.63) is 11.4 Å². The molecule has 20 heavy (non-hydrogen) atoms. The van der Waals surface area contributed by atoms with Gasteiger partial charge in [0.15, 0.2) is 0 Å². The van der Waals surface area contributed by atoms with Crippen LogP contribution in [0.2, 0.25) is 0 Å². The lowest BCUT2D eigenvalue weighted by atomic mass is 10.1. The van der Waals surface area contributed by atoms with E-state index in [-0.39, 0.29) is 18.4 Å². The number of nitrogens with two attached hydrogens (primary N) is 1. The Morgan fingerprint density at radius 2 is 2.15 bits per heavy atom. The summed E-state index contributed by atoms with van der Waals surface area (Å²) in [6.45, 7) is 1.97. The molecule has 7 heteroatoms.